The van der Waals surface area contributed by atoms with Gasteiger partial charge >= 0.3 is 0 Å². The van der Waals surface area contributed by atoms with Gasteiger partial charge in [0.2, 0.25) is 0 Å². The number of nitrogens with zero attached hydrogens (tertiary/aromatic N) is 1. The van der Waals surface area contributed by atoms with Gasteiger partial charge in [-0.3, -0.25) is 4.90 Å². The van der Waals surface area contributed by atoms with Gasteiger partial charge in [-0.25, -0.2) is 8.42 Å². The molecule has 1 atom stereocenters. The molecule has 1 saturated heterocycles. The first kappa shape index (κ1) is 15.3. The van der Waals surface area contributed by atoms with Crippen LogP contribution >= 0.6 is 11.8 Å². The van der Waals surface area contributed by atoms with E-state index in [4.69, 9.17) is 0 Å². The molecule has 0 aliphatic carbocycles. The van der Waals surface area contributed by atoms with Crippen LogP contribution in [0.1, 0.15) is 19.3 Å². The van der Waals surface area contributed by atoms with Gasteiger partial charge in [-0.2, -0.15) is 11.8 Å². The van der Waals surface area contributed by atoms with E-state index >= 15 is 0 Å². The molecule has 0 saturated carbocycles. The molecule has 0 aromatic heterocycles. The molecule has 1 fully saturated rings. The maximum atomic E-state index is 11.7. The number of hydrogen-bond donors (Lipinski definition) is 1. The van der Waals surface area contributed by atoms with Crippen molar-refractivity contribution in [3.05, 3.63) is 0 Å². The molecule has 102 valence electrons. The fraction of sp³-hybridized carbons (Fsp3) is 1.00. The van der Waals surface area contributed by atoms with Crippen LogP contribution in [0.25, 0.3) is 0 Å². The van der Waals surface area contributed by atoms with Crippen molar-refractivity contribution >= 4 is 21.6 Å². The standard InChI is InChI=1S/C11H24N2O2S2/c1-12-6-4-3-5-7-13-8-9-16-10-11(13)17(2,14)15/h11-12H,3-10H2,1-2H3. The number of unbranched alkanes of at least 4 members (excludes halogenated alkanes) is 2. The summed E-state index contributed by atoms with van der Waals surface area (Å²) in [4.78, 5) is 2.14. The number of thioether (sulfide) groups is 1. The summed E-state index contributed by atoms with van der Waals surface area (Å²) < 4.78 is 23.3. The Morgan fingerprint density at radius 3 is 2.76 bits per heavy atom. The molecular formula is C11H24N2O2S2. The van der Waals surface area contributed by atoms with Crippen LogP contribution in [0.4, 0.5) is 0 Å². The van der Waals surface area contributed by atoms with E-state index in [0.29, 0.717) is 0 Å². The molecule has 0 amide bonds. The van der Waals surface area contributed by atoms with Crippen molar-refractivity contribution in [2.75, 3.05) is 44.4 Å². The van der Waals surface area contributed by atoms with Gasteiger partial charge in [0.25, 0.3) is 0 Å². The monoisotopic (exact) mass is 280 g/mol. The summed E-state index contributed by atoms with van der Waals surface area (Å²) in [6.45, 7) is 2.88. The Morgan fingerprint density at radius 1 is 1.35 bits per heavy atom. The summed E-state index contributed by atoms with van der Waals surface area (Å²) in [5.41, 5.74) is 0. The second kappa shape index (κ2) is 7.61. The Bertz CT molecular complexity index is 307. The lowest BCUT2D eigenvalue weighted by Crippen LogP contribution is -2.47. The summed E-state index contributed by atoms with van der Waals surface area (Å²) in [5, 5.41) is 2.87. The highest BCUT2D eigenvalue weighted by atomic mass is 32.2. The van der Waals surface area contributed by atoms with Crippen LogP contribution in [-0.4, -0.2) is 63.1 Å². The van der Waals surface area contributed by atoms with Gasteiger partial charge in [-0.05, 0) is 33.0 Å². The smallest absolute Gasteiger partial charge is 0.164 e. The maximum absolute atomic E-state index is 11.7. The van der Waals surface area contributed by atoms with E-state index in [0.717, 1.165) is 37.6 Å². The number of rotatable bonds is 7. The Morgan fingerprint density at radius 2 is 2.12 bits per heavy atom. The zero-order valence-electron chi connectivity index (χ0n) is 10.8. The highest BCUT2D eigenvalue weighted by molar-refractivity contribution is 8.00. The maximum Gasteiger partial charge on any atom is 0.164 e. The Hall–Kier alpha value is 0.220. The number of sulfone groups is 1. The zero-order valence-corrected chi connectivity index (χ0v) is 12.4. The molecule has 0 bridgehead atoms. The van der Waals surface area contributed by atoms with E-state index in [9.17, 15) is 8.42 Å². The lowest BCUT2D eigenvalue weighted by atomic mass is 10.2. The molecule has 6 heteroatoms. The third-order valence-corrected chi connectivity index (χ3v) is 5.74. The van der Waals surface area contributed by atoms with Crippen LogP contribution in [-0.2, 0) is 9.84 Å². The van der Waals surface area contributed by atoms with Gasteiger partial charge in [-0.15, -0.1) is 0 Å². The van der Waals surface area contributed by atoms with Crippen molar-refractivity contribution in [2.24, 2.45) is 0 Å². The average Bonchev–Trinajstić information content (AvgIpc) is 2.28. The molecule has 1 rings (SSSR count). The molecule has 17 heavy (non-hydrogen) atoms. The van der Waals surface area contributed by atoms with Gasteiger partial charge in [0.1, 0.15) is 5.37 Å². The SMILES string of the molecule is CNCCCCCN1CCSCC1S(C)(=O)=O. The van der Waals surface area contributed by atoms with Crippen molar-refractivity contribution in [3.8, 4) is 0 Å². The first-order valence-corrected chi connectivity index (χ1v) is 9.32. The molecule has 0 spiro atoms. The molecule has 1 N–H and O–H groups in total. The number of nitrogens with one attached hydrogen (secondary N) is 1. The summed E-state index contributed by atoms with van der Waals surface area (Å²) in [7, 11) is -0.970. The molecule has 0 aromatic carbocycles. The van der Waals surface area contributed by atoms with E-state index in [1.807, 2.05) is 7.05 Å². The van der Waals surface area contributed by atoms with Gasteiger partial charge in [0.15, 0.2) is 9.84 Å². The van der Waals surface area contributed by atoms with Gasteiger partial charge in [-0.1, -0.05) is 6.42 Å². The van der Waals surface area contributed by atoms with Crippen LogP contribution in [0.2, 0.25) is 0 Å². The van der Waals surface area contributed by atoms with Crippen LogP contribution in [0.5, 0.6) is 0 Å². The molecular weight excluding hydrogens is 256 g/mol. The fourth-order valence-electron chi connectivity index (χ4n) is 2.06. The Kier molecular flexibility index (Phi) is 6.84. The first-order valence-electron chi connectivity index (χ1n) is 6.21. The second-order valence-electron chi connectivity index (χ2n) is 4.56. The summed E-state index contributed by atoms with van der Waals surface area (Å²) in [6.07, 6.45) is 4.79. The second-order valence-corrected chi connectivity index (χ2v) is 7.91. The van der Waals surface area contributed by atoms with E-state index in [2.05, 4.69) is 10.2 Å². The lowest BCUT2D eigenvalue weighted by Gasteiger charge is -2.33. The fourth-order valence-corrected chi connectivity index (χ4v) is 5.03. The molecule has 4 nitrogen and oxygen atoms in total. The molecule has 1 aliphatic heterocycles. The van der Waals surface area contributed by atoms with E-state index < -0.39 is 9.84 Å². The van der Waals surface area contributed by atoms with Crippen LogP contribution in [0.15, 0.2) is 0 Å². The van der Waals surface area contributed by atoms with Crippen LogP contribution in [0.3, 0.4) is 0 Å². The van der Waals surface area contributed by atoms with E-state index in [-0.39, 0.29) is 5.37 Å². The predicted octanol–water partition coefficient (Wildman–Crippen LogP) is 0.796. The molecule has 1 heterocycles. The molecule has 1 aliphatic rings. The molecule has 0 aromatic rings. The quantitative estimate of drug-likeness (QED) is 0.699. The van der Waals surface area contributed by atoms with Crippen molar-refractivity contribution in [1.82, 2.24) is 10.2 Å². The Balaban J connectivity index is 2.33. The number of hydrogen-bond acceptors (Lipinski definition) is 5. The zero-order chi connectivity index (χ0) is 12.7. The third-order valence-electron chi connectivity index (χ3n) is 3.06. The normalized spacial score (nSPS) is 22.8. The van der Waals surface area contributed by atoms with Crippen molar-refractivity contribution in [3.63, 3.8) is 0 Å². The van der Waals surface area contributed by atoms with Gasteiger partial charge < -0.3 is 5.32 Å². The topological polar surface area (TPSA) is 49.4 Å². The van der Waals surface area contributed by atoms with Crippen LogP contribution in [0, 0.1) is 0 Å². The van der Waals surface area contributed by atoms with Gasteiger partial charge in [0.05, 0.1) is 0 Å². The van der Waals surface area contributed by atoms with Crippen molar-refractivity contribution in [2.45, 2.75) is 24.6 Å². The minimum absolute atomic E-state index is 0.259. The van der Waals surface area contributed by atoms with Crippen molar-refractivity contribution in [1.29, 1.82) is 0 Å². The van der Waals surface area contributed by atoms with Gasteiger partial charge in [0, 0.05) is 24.3 Å². The lowest BCUT2D eigenvalue weighted by molar-refractivity contribution is 0.264. The predicted molar refractivity (Wildman–Crippen MR) is 75.3 cm³/mol. The van der Waals surface area contributed by atoms with E-state index in [1.165, 1.54) is 19.1 Å². The first-order chi connectivity index (χ1) is 8.05. The highest BCUT2D eigenvalue weighted by Crippen LogP contribution is 2.20. The summed E-state index contributed by atoms with van der Waals surface area (Å²) in [5.74, 6) is 1.79. The molecule has 1 unspecified atom stereocenters. The average molecular weight is 280 g/mol. The minimum atomic E-state index is -2.93. The minimum Gasteiger partial charge on any atom is -0.320 e. The van der Waals surface area contributed by atoms with Crippen LogP contribution < -0.4 is 5.32 Å². The van der Waals surface area contributed by atoms with Crippen molar-refractivity contribution < 1.29 is 8.42 Å². The molecule has 0 radical (unpaired) electrons. The Labute approximate surface area is 109 Å². The summed E-state index contributed by atoms with van der Waals surface area (Å²) >= 11 is 1.75. The largest absolute Gasteiger partial charge is 0.320 e. The third kappa shape index (κ3) is 5.59. The van der Waals surface area contributed by atoms with E-state index in [1.54, 1.807) is 11.8 Å². The summed E-state index contributed by atoms with van der Waals surface area (Å²) in [6, 6.07) is 0. The highest BCUT2D eigenvalue weighted by Gasteiger charge is 2.30.